The molecule has 1 rings (SSSR count). The highest BCUT2D eigenvalue weighted by molar-refractivity contribution is 5.76. The smallest absolute Gasteiger partial charge is 0.222 e. The van der Waals surface area contributed by atoms with Crippen molar-refractivity contribution in [2.24, 2.45) is 5.92 Å². The Morgan fingerprint density at radius 2 is 2.38 bits per heavy atom. The van der Waals surface area contributed by atoms with Crippen LogP contribution < -0.4 is 5.32 Å². The summed E-state index contributed by atoms with van der Waals surface area (Å²) >= 11 is 0. The minimum Gasteiger partial charge on any atom is -0.380 e. The zero-order valence-electron chi connectivity index (χ0n) is 10.5. The van der Waals surface area contributed by atoms with Gasteiger partial charge in [-0.05, 0) is 38.8 Å². The maximum atomic E-state index is 11.8. The summed E-state index contributed by atoms with van der Waals surface area (Å²) in [5.74, 6) is 0.768. The van der Waals surface area contributed by atoms with Crippen molar-refractivity contribution in [2.45, 2.75) is 26.2 Å². The molecule has 0 bridgehead atoms. The molecule has 16 heavy (non-hydrogen) atoms. The number of nitrogens with zero attached hydrogens (tertiary/aromatic N) is 1. The van der Waals surface area contributed by atoms with E-state index in [0.717, 1.165) is 13.1 Å². The Morgan fingerprint density at radius 3 is 3.00 bits per heavy atom. The Labute approximate surface area is 98.3 Å². The number of carbonyl (C=O) groups excluding carboxylic acids is 1. The maximum Gasteiger partial charge on any atom is 0.222 e. The molecule has 1 N–H and O–H groups in total. The first-order chi connectivity index (χ1) is 7.74. The predicted molar refractivity (Wildman–Crippen MR) is 64.3 cm³/mol. The monoisotopic (exact) mass is 228 g/mol. The lowest BCUT2D eigenvalue weighted by atomic mass is 9.96. The van der Waals surface area contributed by atoms with E-state index in [1.54, 1.807) is 4.90 Å². The fourth-order valence-corrected chi connectivity index (χ4v) is 1.97. The molecule has 1 unspecified atom stereocenters. The van der Waals surface area contributed by atoms with Gasteiger partial charge >= 0.3 is 0 Å². The lowest BCUT2D eigenvalue weighted by Gasteiger charge is -2.25. The third kappa shape index (κ3) is 4.94. The molecule has 4 heteroatoms. The van der Waals surface area contributed by atoms with Crippen LogP contribution in [0.2, 0.25) is 0 Å². The molecule has 0 aromatic rings. The molecule has 4 nitrogen and oxygen atoms in total. The van der Waals surface area contributed by atoms with Crippen molar-refractivity contribution in [3.63, 3.8) is 0 Å². The van der Waals surface area contributed by atoms with Crippen molar-refractivity contribution in [1.29, 1.82) is 0 Å². The minimum atomic E-state index is 0.244. The molecule has 0 aliphatic carbocycles. The Morgan fingerprint density at radius 1 is 1.56 bits per heavy atom. The van der Waals surface area contributed by atoms with Crippen LogP contribution in [0.4, 0.5) is 0 Å². The van der Waals surface area contributed by atoms with Crippen LogP contribution in [0.5, 0.6) is 0 Å². The molecule has 0 aromatic heterocycles. The summed E-state index contributed by atoms with van der Waals surface area (Å²) < 4.78 is 5.24. The number of hydrogen-bond acceptors (Lipinski definition) is 3. The van der Waals surface area contributed by atoms with E-state index >= 15 is 0 Å². The highest BCUT2D eigenvalue weighted by atomic mass is 16.5. The second kappa shape index (κ2) is 7.63. The Balaban J connectivity index is 2.16. The molecular weight excluding hydrogens is 204 g/mol. The summed E-state index contributed by atoms with van der Waals surface area (Å²) in [6.07, 6.45) is 3.05. The van der Waals surface area contributed by atoms with Gasteiger partial charge < -0.3 is 15.0 Å². The first-order valence-corrected chi connectivity index (χ1v) is 6.26. The van der Waals surface area contributed by atoms with Crippen LogP contribution in [0.15, 0.2) is 0 Å². The van der Waals surface area contributed by atoms with E-state index in [4.69, 9.17) is 4.74 Å². The van der Waals surface area contributed by atoms with E-state index < -0.39 is 0 Å². The van der Waals surface area contributed by atoms with Crippen molar-refractivity contribution in [1.82, 2.24) is 10.2 Å². The van der Waals surface area contributed by atoms with Crippen LogP contribution in [0.25, 0.3) is 0 Å². The zero-order valence-corrected chi connectivity index (χ0v) is 10.5. The van der Waals surface area contributed by atoms with Gasteiger partial charge in [-0.2, -0.15) is 0 Å². The molecular formula is C12H24N2O2. The fourth-order valence-electron chi connectivity index (χ4n) is 1.97. The van der Waals surface area contributed by atoms with Crippen LogP contribution in [-0.2, 0) is 9.53 Å². The minimum absolute atomic E-state index is 0.244. The number of ether oxygens (including phenoxy) is 1. The molecule has 1 atom stereocenters. The van der Waals surface area contributed by atoms with Crippen LogP contribution in [0.3, 0.4) is 0 Å². The lowest BCUT2D eigenvalue weighted by molar-refractivity contribution is -0.131. The third-order valence-electron chi connectivity index (χ3n) is 3.06. The van der Waals surface area contributed by atoms with Gasteiger partial charge in [-0.25, -0.2) is 0 Å². The van der Waals surface area contributed by atoms with Crippen LogP contribution in [0.1, 0.15) is 26.2 Å². The van der Waals surface area contributed by atoms with E-state index in [-0.39, 0.29) is 5.91 Å². The molecule has 0 aromatic carbocycles. The van der Waals surface area contributed by atoms with E-state index in [0.29, 0.717) is 32.1 Å². The first kappa shape index (κ1) is 13.5. The van der Waals surface area contributed by atoms with Crippen LogP contribution in [0, 0.1) is 5.92 Å². The van der Waals surface area contributed by atoms with E-state index in [9.17, 15) is 4.79 Å². The molecule has 94 valence electrons. The third-order valence-corrected chi connectivity index (χ3v) is 3.06. The average Bonchev–Trinajstić information content (AvgIpc) is 2.30. The van der Waals surface area contributed by atoms with Gasteiger partial charge in [0.25, 0.3) is 0 Å². The standard InChI is InChI=1S/C12H24N2O2/c1-3-16-8-7-14(2)12(15)9-11-5-4-6-13-10-11/h11,13H,3-10H2,1-2H3. The average molecular weight is 228 g/mol. The van der Waals surface area contributed by atoms with E-state index in [2.05, 4.69) is 5.32 Å². The van der Waals surface area contributed by atoms with Gasteiger partial charge in [0.05, 0.1) is 6.61 Å². The number of likely N-dealkylation sites (N-methyl/N-ethyl adjacent to an activating group) is 1. The van der Waals surface area contributed by atoms with Gasteiger partial charge in [-0.1, -0.05) is 0 Å². The molecule has 0 spiro atoms. The number of nitrogens with one attached hydrogen (secondary N) is 1. The molecule has 0 radical (unpaired) electrons. The van der Waals surface area contributed by atoms with E-state index in [1.807, 2.05) is 14.0 Å². The number of piperidine rings is 1. The topological polar surface area (TPSA) is 41.6 Å². The van der Waals surface area contributed by atoms with Gasteiger partial charge in [-0.3, -0.25) is 4.79 Å². The number of rotatable bonds is 6. The number of carbonyl (C=O) groups is 1. The first-order valence-electron chi connectivity index (χ1n) is 6.26. The van der Waals surface area contributed by atoms with Gasteiger partial charge in [0.1, 0.15) is 0 Å². The van der Waals surface area contributed by atoms with E-state index in [1.165, 1.54) is 12.8 Å². The van der Waals surface area contributed by atoms with Crippen molar-refractivity contribution in [3.8, 4) is 0 Å². The second-order valence-electron chi connectivity index (χ2n) is 4.43. The van der Waals surface area contributed by atoms with Crippen LogP contribution >= 0.6 is 0 Å². The Bertz CT molecular complexity index is 203. The highest BCUT2D eigenvalue weighted by Gasteiger charge is 2.18. The summed E-state index contributed by atoms with van der Waals surface area (Å²) in [7, 11) is 1.86. The molecule has 1 fully saturated rings. The number of hydrogen-bond donors (Lipinski definition) is 1. The van der Waals surface area contributed by atoms with Crippen molar-refractivity contribution >= 4 is 5.91 Å². The predicted octanol–water partition coefficient (Wildman–Crippen LogP) is 0.871. The molecule has 1 heterocycles. The lowest BCUT2D eigenvalue weighted by Crippen LogP contribution is -2.36. The summed E-state index contributed by atoms with van der Waals surface area (Å²) in [4.78, 5) is 13.6. The zero-order chi connectivity index (χ0) is 11.8. The molecule has 1 aliphatic heterocycles. The summed E-state index contributed by atoms with van der Waals surface area (Å²) in [6.45, 7) is 6.12. The van der Waals surface area contributed by atoms with Gasteiger partial charge in [0.15, 0.2) is 0 Å². The highest BCUT2D eigenvalue weighted by Crippen LogP contribution is 2.14. The van der Waals surface area contributed by atoms with Gasteiger partial charge in [0.2, 0.25) is 5.91 Å². The summed E-state index contributed by atoms with van der Waals surface area (Å²) in [6, 6.07) is 0. The Kier molecular flexibility index (Phi) is 6.42. The normalized spacial score (nSPS) is 20.8. The summed E-state index contributed by atoms with van der Waals surface area (Å²) in [5, 5.41) is 3.34. The Hall–Kier alpha value is -0.610. The van der Waals surface area contributed by atoms with Gasteiger partial charge in [-0.15, -0.1) is 0 Å². The number of amides is 1. The van der Waals surface area contributed by atoms with Crippen molar-refractivity contribution in [3.05, 3.63) is 0 Å². The molecule has 1 aliphatic rings. The maximum absolute atomic E-state index is 11.8. The van der Waals surface area contributed by atoms with Crippen molar-refractivity contribution < 1.29 is 9.53 Å². The van der Waals surface area contributed by atoms with Crippen LogP contribution in [-0.4, -0.2) is 50.7 Å². The quantitative estimate of drug-likeness (QED) is 0.686. The molecule has 1 saturated heterocycles. The van der Waals surface area contributed by atoms with Crippen molar-refractivity contribution in [2.75, 3.05) is 39.9 Å². The summed E-state index contributed by atoms with van der Waals surface area (Å²) in [5.41, 5.74) is 0. The molecule has 0 saturated carbocycles. The fraction of sp³-hybridized carbons (Fsp3) is 0.917. The molecule has 1 amide bonds. The SMILES string of the molecule is CCOCCN(C)C(=O)CC1CCCNC1. The van der Waals surface area contributed by atoms with Gasteiger partial charge in [0, 0.05) is 26.6 Å². The largest absolute Gasteiger partial charge is 0.380 e. The second-order valence-corrected chi connectivity index (χ2v) is 4.43.